The summed E-state index contributed by atoms with van der Waals surface area (Å²) in [5.74, 6) is 2.20. The number of imidazole rings is 1. The van der Waals surface area contributed by atoms with Crippen LogP contribution in [0.5, 0.6) is 11.5 Å². The van der Waals surface area contributed by atoms with Crippen LogP contribution in [-0.2, 0) is 13.2 Å². The highest BCUT2D eigenvalue weighted by molar-refractivity contribution is 6.10. The van der Waals surface area contributed by atoms with Crippen LogP contribution in [0.15, 0.2) is 115 Å². The molecule has 1 heterocycles. The summed E-state index contributed by atoms with van der Waals surface area (Å²) in [7, 11) is 1.65. The van der Waals surface area contributed by atoms with Gasteiger partial charge in [0.05, 0.1) is 24.8 Å². The zero-order valence-corrected chi connectivity index (χ0v) is 22.6. The predicted molar refractivity (Wildman–Crippen MR) is 165 cm³/mol. The van der Waals surface area contributed by atoms with Crippen molar-refractivity contribution in [2.24, 2.45) is 0 Å². The fourth-order valence-electron chi connectivity index (χ4n) is 5.73. The molecule has 0 atom stereocenters. The van der Waals surface area contributed by atoms with E-state index in [1.54, 1.807) is 7.11 Å². The molecule has 5 heteroatoms. The van der Waals surface area contributed by atoms with Crippen LogP contribution in [0.1, 0.15) is 11.1 Å². The molecular weight excluding hydrogens is 508 g/mol. The number of nitrogens with zero attached hydrogens (tertiary/aromatic N) is 1. The van der Waals surface area contributed by atoms with Crippen molar-refractivity contribution in [2.45, 2.75) is 13.2 Å². The number of para-hydroxylation sites is 2. The Hall–Kier alpha value is -5.13. The summed E-state index contributed by atoms with van der Waals surface area (Å²) in [4.78, 5) is 8.28. The van der Waals surface area contributed by atoms with Crippen LogP contribution in [0, 0.1) is 0 Å². The molecule has 0 bridgehead atoms. The van der Waals surface area contributed by atoms with E-state index in [4.69, 9.17) is 14.5 Å². The molecule has 0 fully saturated rings. The second kappa shape index (κ2) is 10.5. The Balaban J connectivity index is 1.39. The minimum atomic E-state index is -0.132. The van der Waals surface area contributed by atoms with E-state index in [2.05, 4.69) is 47.4 Å². The fourth-order valence-corrected chi connectivity index (χ4v) is 5.73. The number of hydrogen-bond donors (Lipinski definition) is 2. The van der Waals surface area contributed by atoms with Crippen LogP contribution in [0.3, 0.4) is 0 Å². The number of H-pyrrole nitrogens is 1. The molecule has 0 radical (unpaired) electrons. The van der Waals surface area contributed by atoms with Gasteiger partial charge in [0.1, 0.15) is 23.9 Å². The van der Waals surface area contributed by atoms with Crippen molar-refractivity contribution < 1.29 is 14.6 Å². The first kappa shape index (κ1) is 24.9. The summed E-state index contributed by atoms with van der Waals surface area (Å²) < 4.78 is 12.7. The Morgan fingerprint density at radius 3 is 2.22 bits per heavy atom. The van der Waals surface area contributed by atoms with Crippen LogP contribution < -0.4 is 9.47 Å². The third kappa shape index (κ3) is 4.37. The monoisotopic (exact) mass is 536 g/mol. The summed E-state index contributed by atoms with van der Waals surface area (Å²) in [6, 6.07) is 38.8. The average molecular weight is 537 g/mol. The Labute approximate surface area is 237 Å². The molecule has 0 amide bonds. The SMILES string of the molecule is COc1c(CO)cc2ccccc2c1-c1c(OCc2ccccc2-c2nc3ccccc3[nH]2)ccc2ccccc12. The summed E-state index contributed by atoms with van der Waals surface area (Å²) in [6.45, 7) is 0.214. The number of aromatic nitrogens is 2. The van der Waals surface area contributed by atoms with Crippen molar-refractivity contribution in [3.05, 3.63) is 126 Å². The summed E-state index contributed by atoms with van der Waals surface area (Å²) in [5, 5.41) is 14.5. The van der Waals surface area contributed by atoms with Crippen molar-refractivity contribution in [3.8, 4) is 34.0 Å². The van der Waals surface area contributed by atoms with Gasteiger partial charge < -0.3 is 19.6 Å². The van der Waals surface area contributed by atoms with Gasteiger partial charge in [-0.15, -0.1) is 0 Å². The first-order valence-corrected chi connectivity index (χ1v) is 13.6. The lowest BCUT2D eigenvalue weighted by Crippen LogP contribution is -2.02. The second-order valence-electron chi connectivity index (χ2n) is 10.0. The van der Waals surface area contributed by atoms with Gasteiger partial charge in [-0.1, -0.05) is 91.0 Å². The molecule has 0 saturated heterocycles. The van der Waals surface area contributed by atoms with E-state index in [1.807, 2.05) is 72.8 Å². The molecule has 7 rings (SSSR count). The number of hydrogen-bond acceptors (Lipinski definition) is 4. The van der Waals surface area contributed by atoms with Crippen LogP contribution in [0.4, 0.5) is 0 Å². The number of aromatic amines is 1. The molecule has 0 saturated carbocycles. The maximum absolute atomic E-state index is 10.3. The molecule has 1 aromatic heterocycles. The summed E-state index contributed by atoms with van der Waals surface area (Å²) in [6.07, 6.45) is 0. The molecule has 0 aliphatic rings. The highest BCUT2D eigenvalue weighted by Gasteiger charge is 2.22. The largest absolute Gasteiger partial charge is 0.496 e. The second-order valence-corrected chi connectivity index (χ2v) is 10.0. The topological polar surface area (TPSA) is 67.4 Å². The summed E-state index contributed by atoms with van der Waals surface area (Å²) in [5.41, 5.74) is 6.52. The Kier molecular flexibility index (Phi) is 6.34. The molecule has 0 unspecified atom stereocenters. The van der Waals surface area contributed by atoms with Crippen molar-refractivity contribution >= 4 is 32.6 Å². The van der Waals surface area contributed by atoms with E-state index in [9.17, 15) is 5.11 Å². The quantitative estimate of drug-likeness (QED) is 0.215. The average Bonchev–Trinajstić information content (AvgIpc) is 3.47. The first-order chi connectivity index (χ1) is 20.2. The van der Waals surface area contributed by atoms with E-state index in [0.717, 1.165) is 72.0 Å². The Morgan fingerprint density at radius 1 is 0.707 bits per heavy atom. The molecule has 41 heavy (non-hydrogen) atoms. The molecule has 0 aliphatic carbocycles. The number of nitrogens with one attached hydrogen (secondary N) is 1. The lowest BCUT2D eigenvalue weighted by molar-refractivity contribution is 0.274. The van der Waals surface area contributed by atoms with E-state index in [1.165, 1.54) is 0 Å². The molecular formula is C36H28N2O3. The van der Waals surface area contributed by atoms with Crippen molar-refractivity contribution in [3.63, 3.8) is 0 Å². The number of methoxy groups -OCH3 is 1. The number of fused-ring (bicyclic) bond motifs is 3. The van der Waals surface area contributed by atoms with Crippen molar-refractivity contribution in [2.75, 3.05) is 7.11 Å². The summed E-state index contributed by atoms with van der Waals surface area (Å²) >= 11 is 0. The number of aliphatic hydroxyl groups excluding tert-OH is 1. The van der Waals surface area contributed by atoms with Gasteiger partial charge in [0, 0.05) is 27.8 Å². The normalized spacial score (nSPS) is 11.4. The zero-order valence-electron chi connectivity index (χ0n) is 22.6. The molecule has 0 aliphatic heterocycles. The van der Waals surface area contributed by atoms with Gasteiger partial charge in [-0.05, 0) is 45.8 Å². The maximum Gasteiger partial charge on any atom is 0.138 e. The van der Waals surface area contributed by atoms with E-state index in [-0.39, 0.29) is 6.61 Å². The Bertz CT molecular complexity index is 2010. The molecule has 6 aromatic carbocycles. The first-order valence-electron chi connectivity index (χ1n) is 13.6. The van der Waals surface area contributed by atoms with Gasteiger partial charge in [-0.25, -0.2) is 4.98 Å². The van der Waals surface area contributed by atoms with Gasteiger partial charge in [-0.2, -0.15) is 0 Å². The van der Waals surface area contributed by atoms with Gasteiger partial charge in [0.2, 0.25) is 0 Å². The number of aliphatic hydroxyl groups is 1. The molecule has 5 nitrogen and oxygen atoms in total. The lowest BCUT2D eigenvalue weighted by atomic mass is 9.90. The molecule has 2 N–H and O–H groups in total. The van der Waals surface area contributed by atoms with Gasteiger partial charge in [0.15, 0.2) is 0 Å². The fraction of sp³-hybridized carbons (Fsp3) is 0.0833. The highest BCUT2D eigenvalue weighted by atomic mass is 16.5. The number of benzene rings is 6. The van der Waals surface area contributed by atoms with Gasteiger partial charge in [-0.3, -0.25) is 0 Å². The Morgan fingerprint density at radius 2 is 1.41 bits per heavy atom. The molecule has 200 valence electrons. The van der Waals surface area contributed by atoms with E-state index < -0.39 is 0 Å². The number of ether oxygens (including phenoxy) is 2. The predicted octanol–water partition coefficient (Wildman–Crippen LogP) is 8.28. The third-order valence-electron chi connectivity index (χ3n) is 7.64. The van der Waals surface area contributed by atoms with Gasteiger partial charge in [0.25, 0.3) is 0 Å². The van der Waals surface area contributed by atoms with Crippen LogP contribution in [-0.4, -0.2) is 22.2 Å². The van der Waals surface area contributed by atoms with E-state index >= 15 is 0 Å². The molecule has 0 spiro atoms. The van der Waals surface area contributed by atoms with E-state index in [0.29, 0.717) is 12.4 Å². The smallest absolute Gasteiger partial charge is 0.138 e. The maximum atomic E-state index is 10.3. The third-order valence-corrected chi connectivity index (χ3v) is 7.64. The van der Waals surface area contributed by atoms with Crippen LogP contribution in [0.2, 0.25) is 0 Å². The zero-order chi connectivity index (χ0) is 27.8. The highest BCUT2D eigenvalue weighted by Crippen LogP contribution is 2.47. The minimum absolute atomic E-state index is 0.132. The van der Waals surface area contributed by atoms with Crippen molar-refractivity contribution in [1.29, 1.82) is 0 Å². The van der Waals surface area contributed by atoms with Gasteiger partial charge >= 0.3 is 0 Å². The molecule has 7 aromatic rings. The lowest BCUT2D eigenvalue weighted by Gasteiger charge is -2.21. The van der Waals surface area contributed by atoms with Crippen molar-refractivity contribution in [1.82, 2.24) is 9.97 Å². The van der Waals surface area contributed by atoms with Crippen LogP contribution >= 0.6 is 0 Å². The number of rotatable bonds is 7. The standard InChI is InChI=1S/C36H28N2O3/c1-40-35-26(21-39)20-24-11-3-6-14-28(24)34(35)33-27-13-5-2-10-23(27)18-19-32(33)41-22-25-12-4-7-15-29(25)36-37-30-16-8-9-17-31(30)38-36/h2-20,39H,21-22H2,1H3,(H,37,38). The van der Waals surface area contributed by atoms with Crippen LogP contribution in [0.25, 0.3) is 55.1 Å². The minimum Gasteiger partial charge on any atom is -0.496 e.